The molecule has 0 unspecified atom stereocenters. The SMILES string of the molecule is CC.CC.CCOC(=O)Cn1cc(N(C=O)CCCCCCCCCCCCCCN(C=O)C(=O)c2ccccc2C)ccc1=O.c1ccc2c(N3CCCCC3)cncc2c1. The molecule has 3 amide bonds. The highest BCUT2D eigenvalue weighted by Crippen LogP contribution is 2.27. The summed E-state index contributed by atoms with van der Waals surface area (Å²) >= 11 is 0. The third-order valence-electron chi connectivity index (χ3n) is 10.7. The van der Waals surface area contributed by atoms with E-state index < -0.39 is 5.97 Å². The summed E-state index contributed by atoms with van der Waals surface area (Å²) < 4.78 is 6.17. The van der Waals surface area contributed by atoms with Gasteiger partial charge in [-0.2, -0.15) is 0 Å². The Labute approximate surface area is 371 Å². The predicted molar refractivity (Wildman–Crippen MR) is 255 cm³/mol. The molecule has 0 radical (unpaired) electrons. The molecule has 1 aliphatic heterocycles. The Morgan fingerprint density at radius 1 is 0.710 bits per heavy atom. The first kappa shape index (κ1) is 52.8. The molecule has 11 nitrogen and oxygen atoms in total. The van der Waals surface area contributed by atoms with Crippen molar-refractivity contribution < 1.29 is 23.9 Å². The molecule has 1 fully saturated rings. The van der Waals surface area contributed by atoms with E-state index in [1.165, 1.54) is 109 Å². The number of hydrogen-bond acceptors (Lipinski definition) is 8. The molecule has 5 rings (SSSR count). The molecule has 2 aromatic carbocycles. The van der Waals surface area contributed by atoms with Gasteiger partial charge in [-0.3, -0.25) is 33.9 Å². The second kappa shape index (κ2) is 32.4. The van der Waals surface area contributed by atoms with Crippen molar-refractivity contribution in [2.45, 2.75) is 144 Å². The fourth-order valence-corrected chi connectivity index (χ4v) is 7.39. The fourth-order valence-electron chi connectivity index (χ4n) is 7.39. The number of anilines is 2. The van der Waals surface area contributed by atoms with Crippen LogP contribution in [0, 0.1) is 6.92 Å². The molecule has 1 saturated heterocycles. The maximum absolute atomic E-state index is 12.6. The van der Waals surface area contributed by atoms with Crippen LogP contribution in [-0.4, -0.2) is 71.9 Å². The van der Waals surface area contributed by atoms with Crippen LogP contribution in [0.3, 0.4) is 0 Å². The van der Waals surface area contributed by atoms with E-state index in [1.54, 1.807) is 24.0 Å². The number of nitrogens with zero attached hydrogens (tertiary/aromatic N) is 5. The maximum atomic E-state index is 12.6. The van der Waals surface area contributed by atoms with E-state index in [-0.39, 0.29) is 24.6 Å². The Kier molecular flexibility index (Phi) is 27.6. The van der Waals surface area contributed by atoms with E-state index >= 15 is 0 Å². The van der Waals surface area contributed by atoms with E-state index in [0.717, 1.165) is 50.5 Å². The maximum Gasteiger partial charge on any atom is 0.326 e. The molecule has 0 atom stereocenters. The molecular formula is C51H75N5O6. The Morgan fingerprint density at radius 3 is 1.89 bits per heavy atom. The van der Waals surface area contributed by atoms with Gasteiger partial charge < -0.3 is 19.1 Å². The fraction of sp³-hybridized carbons (Fsp3) is 0.529. The van der Waals surface area contributed by atoms with Gasteiger partial charge in [-0.15, -0.1) is 0 Å². The molecule has 0 aliphatic carbocycles. The van der Waals surface area contributed by atoms with Crippen LogP contribution in [0.4, 0.5) is 11.4 Å². The zero-order valence-electron chi connectivity index (χ0n) is 38.7. The summed E-state index contributed by atoms with van der Waals surface area (Å²) in [4.78, 5) is 69.1. The lowest BCUT2D eigenvalue weighted by molar-refractivity contribution is -0.143. The molecule has 0 N–H and O–H groups in total. The lowest BCUT2D eigenvalue weighted by Crippen LogP contribution is -2.31. The number of fused-ring (bicyclic) bond motifs is 1. The zero-order valence-corrected chi connectivity index (χ0v) is 38.7. The van der Waals surface area contributed by atoms with Crippen molar-refractivity contribution in [3.8, 4) is 0 Å². The summed E-state index contributed by atoms with van der Waals surface area (Å²) in [5.74, 6) is -0.708. The smallest absolute Gasteiger partial charge is 0.326 e. The number of benzene rings is 2. The van der Waals surface area contributed by atoms with E-state index in [0.29, 0.717) is 30.8 Å². The third-order valence-corrected chi connectivity index (χ3v) is 10.7. The minimum atomic E-state index is -0.486. The van der Waals surface area contributed by atoms with Crippen molar-refractivity contribution in [3.63, 3.8) is 0 Å². The first-order valence-electron chi connectivity index (χ1n) is 23.3. The first-order valence-corrected chi connectivity index (χ1v) is 23.3. The van der Waals surface area contributed by atoms with E-state index in [1.807, 2.05) is 65.2 Å². The zero-order chi connectivity index (χ0) is 45.4. The standard InChI is InChI=1S/C33H47N3O6.C14H16N2.2C2H6/c1-3-42-32(40)25-36-24-29(20-21-31(36)39)34(26-37)22-16-12-10-8-6-4-5-7-9-11-13-17-23-35(27-38)33(41)30-19-15-14-18-28(30)2;1-4-8-16(9-5-1)14-11-15-10-12-6-2-3-7-13(12)14;2*1-2/h14-15,18-21,24,26-27H,3-13,16-17,22-23,25H2,1-2H3;2-3,6-7,10-11H,1,4-5,8-9H2;2*1-2H3. The van der Waals surface area contributed by atoms with Gasteiger partial charge in [0.25, 0.3) is 11.5 Å². The Hall–Kier alpha value is -5.32. The van der Waals surface area contributed by atoms with E-state index in [2.05, 4.69) is 34.1 Å². The average molecular weight is 854 g/mol. The van der Waals surface area contributed by atoms with Crippen molar-refractivity contribution >= 4 is 46.8 Å². The van der Waals surface area contributed by atoms with Crippen LogP contribution >= 0.6 is 0 Å². The van der Waals surface area contributed by atoms with Crippen molar-refractivity contribution in [2.24, 2.45) is 0 Å². The Morgan fingerprint density at radius 2 is 1.29 bits per heavy atom. The van der Waals surface area contributed by atoms with Crippen LogP contribution in [0.1, 0.15) is 147 Å². The normalized spacial score (nSPS) is 11.7. The summed E-state index contributed by atoms with van der Waals surface area (Å²) in [6, 6.07) is 18.8. The highest BCUT2D eigenvalue weighted by atomic mass is 16.5. The molecule has 2 aromatic heterocycles. The van der Waals surface area contributed by atoms with Gasteiger partial charge in [0.05, 0.1) is 24.2 Å². The second-order valence-corrected chi connectivity index (χ2v) is 15.0. The van der Waals surface area contributed by atoms with Gasteiger partial charge in [-0.05, 0) is 63.6 Å². The van der Waals surface area contributed by atoms with Crippen molar-refractivity contribution in [1.82, 2.24) is 14.5 Å². The lowest BCUT2D eigenvalue weighted by atomic mass is 10.0. The van der Waals surface area contributed by atoms with Crippen LogP contribution in [-0.2, 0) is 25.7 Å². The van der Waals surface area contributed by atoms with Gasteiger partial charge in [-0.1, -0.05) is 134 Å². The second-order valence-electron chi connectivity index (χ2n) is 15.0. The topological polar surface area (TPSA) is 122 Å². The number of amides is 3. The largest absolute Gasteiger partial charge is 0.465 e. The number of hydrogen-bond donors (Lipinski definition) is 0. The summed E-state index contributed by atoms with van der Waals surface area (Å²) in [6.07, 6.45) is 24.0. The van der Waals surface area contributed by atoms with Crippen LogP contribution in [0.25, 0.3) is 10.8 Å². The van der Waals surface area contributed by atoms with Crippen molar-refractivity contribution in [1.29, 1.82) is 0 Å². The Balaban J connectivity index is 0.000000541. The molecule has 4 aromatic rings. The van der Waals surface area contributed by atoms with Crippen molar-refractivity contribution in [3.05, 3.63) is 101 Å². The summed E-state index contributed by atoms with van der Waals surface area (Å²) in [7, 11) is 0. The van der Waals surface area contributed by atoms with Crippen LogP contribution < -0.4 is 15.4 Å². The van der Waals surface area contributed by atoms with Gasteiger partial charge in [-0.25, -0.2) is 0 Å². The number of rotatable bonds is 23. The quantitative estimate of drug-likeness (QED) is 0.0411. The highest BCUT2D eigenvalue weighted by Gasteiger charge is 2.17. The number of carbonyl (C=O) groups excluding carboxylic acids is 4. The van der Waals surface area contributed by atoms with Gasteiger partial charge in [0, 0.05) is 61.0 Å². The number of aromatic nitrogens is 2. The molecular weight excluding hydrogens is 779 g/mol. The molecule has 0 spiro atoms. The number of pyridine rings is 2. The molecule has 340 valence electrons. The Bertz CT molecular complexity index is 1920. The molecule has 3 heterocycles. The van der Waals surface area contributed by atoms with Crippen LogP contribution in [0.5, 0.6) is 0 Å². The minimum absolute atomic E-state index is 0.176. The molecule has 11 heteroatoms. The summed E-state index contributed by atoms with van der Waals surface area (Å²) in [5.41, 5.74) is 3.04. The van der Waals surface area contributed by atoms with E-state index in [9.17, 15) is 24.0 Å². The van der Waals surface area contributed by atoms with Gasteiger partial charge in [0.2, 0.25) is 12.8 Å². The number of imide groups is 1. The lowest BCUT2D eigenvalue weighted by Gasteiger charge is -2.29. The third kappa shape index (κ3) is 18.7. The molecule has 62 heavy (non-hydrogen) atoms. The number of carbonyl (C=O) groups is 4. The summed E-state index contributed by atoms with van der Waals surface area (Å²) in [5, 5.41) is 2.57. The minimum Gasteiger partial charge on any atom is -0.465 e. The van der Waals surface area contributed by atoms with Crippen molar-refractivity contribution in [2.75, 3.05) is 42.6 Å². The van der Waals surface area contributed by atoms with Gasteiger partial charge in [0.15, 0.2) is 0 Å². The number of piperidine rings is 1. The van der Waals surface area contributed by atoms with Gasteiger partial charge in [0.1, 0.15) is 6.54 Å². The van der Waals surface area contributed by atoms with Crippen LogP contribution in [0.15, 0.2) is 84.0 Å². The molecule has 0 bridgehead atoms. The van der Waals surface area contributed by atoms with Gasteiger partial charge >= 0.3 is 5.97 Å². The van der Waals surface area contributed by atoms with Crippen LogP contribution in [0.2, 0.25) is 0 Å². The number of ether oxygens (including phenoxy) is 1. The highest BCUT2D eigenvalue weighted by molar-refractivity contribution is 6.01. The summed E-state index contributed by atoms with van der Waals surface area (Å²) in [6.45, 7) is 15.0. The molecule has 0 saturated carbocycles. The van der Waals surface area contributed by atoms with E-state index in [4.69, 9.17) is 4.74 Å². The first-order chi connectivity index (χ1) is 30.4. The number of esters is 1. The monoisotopic (exact) mass is 854 g/mol. The number of unbranched alkanes of at least 4 members (excludes halogenated alkanes) is 11. The predicted octanol–water partition coefficient (Wildman–Crippen LogP) is 10.9. The average Bonchev–Trinajstić information content (AvgIpc) is 3.31. The molecule has 1 aliphatic rings. The number of aryl methyl sites for hydroxylation is 1.